The lowest BCUT2D eigenvalue weighted by atomic mass is 9.85. The molecule has 8 atom stereocenters. The largest absolute Gasteiger partial charge is 0.490 e. The van der Waals surface area contributed by atoms with Crippen LogP contribution in [0.5, 0.6) is 11.5 Å². The van der Waals surface area contributed by atoms with E-state index in [-0.39, 0.29) is 42.5 Å². The molecule has 4 fully saturated rings. The number of hydrogen-bond donors (Lipinski definition) is 3. The molecule has 0 spiro atoms. The van der Waals surface area contributed by atoms with Gasteiger partial charge in [0.1, 0.15) is 63.7 Å². The molecule has 14 nitrogen and oxygen atoms in total. The number of halogens is 1. The second kappa shape index (κ2) is 16.4. The van der Waals surface area contributed by atoms with Crippen molar-refractivity contribution < 1.29 is 43.2 Å². The predicted molar refractivity (Wildman–Crippen MR) is 218 cm³/mol. The van der Waals surface area contributed by atoms with E-state index in [9.17, 15) is 24.3 Å². The Morgan fingerprint density at radius 3 is 2.41 bits per heavy atom. The number of thiazole rings is 1. The van der Waals surface area contributed by atoms with Crippen LogP contribution < -0.4 is 20.1 Å². The van der Waals surface area contributed by atoms with E-state index in [0.717, 1.165) is 18.5 Å². The highest BCUT2D eigenvalue weighted by atomic mass is 35.5. The van der Waals surface area contributed by atoms with Crippen molar-refractivity contribution in [3.63, 3.8) is 0 Å². The van der Waals surface area contributed by atoms with Crippen LogP contribution in [0.2, 0.25) is 5.02 Å². The van der Waals surface area contributed by atoms with E-state index >= 15 is 0 Å². The van der Waals surface area contributed by atoms with E-state index in [2.05, 4.69) is 24.5 Å². The molecule has 0 unspecified atom stereocenters. The van der Waals surface area contributed by atoms with Crippen molar-refractivity contribution in [3.05, 3.63) is 34.3 Å². The van der Waals surface area contributed by atoms with Gasteiger partial charge in [0.25, 0.3) is 0 Å². The van der Waals surface area contributed by atoms with Crippen LogP contribution in [0, 0.1) is 23.2 Å². The molecule has 314 valence electrons. The van der Waals surface area contributed by atoms with Gasteiger partial charge in [-0.05, 0) is 66.9 Å². The van der Waals surface area contributed by atoms with Crippen LogP contribution in [-0.4, -0.2) is 101 Å². The highest BCUT2D eigenvalue weighted by Gasteiger charge is 2.61. The second-order valence-corrected chi connectivity index (χ2v) is 18.8. The number of amides is 3. The van der Waals surface area contributed by atoms with Crippen molar-refractivity contribution >= 4 is 57.7 Å². The fourth-order valence-electron chi connectivity index (χ4n) is 8.45. The maximum atomic E-state index is 14.7. The molecule has 1 saturated heterocycles. The minimum absolute atomic E-state index is 0.0245. The molecule has 3 aliphatic carbocycles. The van der Waals surface area contributed by atoms with Crippen molar-refractivity contribution in [2.45, 2.75) is 116 Å². The third-order valence-corrected chi connectivity index (χ3v) is 13.3. The minimum atomic E-state index is -1.41. The number of nitrogens with zero attached hydrogens (tertiary/aromatic N) is 3. The lowest BCUT2D eigenvalue weighted by molar-refractivity contribution is -0.146. The third kappa shape index (κ3) is 8.58. The van der Waals surface area contributed by atoms with Crippen molar-refractivity contribution in [1.82, 2.24) is 25.5 Å². The Balaban J connectivity index is 1.21. The van der Waals surface area contributed by atoms with Crippen LogP contribution in [0.1, 0.15) is 91.7 Å². The van der Waals surface area contributed by atoms with Crippen LogP contribution in [-0.2, 0) is 23.9 Å². The summed E-state index contributed by atoms with van der Waals surface area (Å²) in [6.45, 7) is 12.1. The Hall–Kier alpha value is -4.21. The van der Waals surface area contributed by atoms with Crippen molar-refractivity contribution in [2.75, 3.05) is 26.9 Å². The molecule has 3 N–H and O–H groups in total. The van der Waals surface area contributed by atoms with E-state index in [1.165, 1.54) is 22.7 Å². The maximum absolute atomic E-state index is 14.7. The summed E-state index contributed by atoms with van der Waals surface area (Å²) >= 11 is 8.40. The smallest absolute Gasteiger partial charge is 0.408 e. The van der Waals surface area contributed by atoms with E-state index in [0.29, 0.717) is 64.4 Å². The van der Waals surface area contributed by atoms with Crippen LogP contribution in [0.15, 0.2) is 23.6 Å². The van der Waals surface area contributed by atoms with Gasteiger partial charge in [0.15, 0.2) is 0 Å². The van der Waals surface area contributed by atoms with Crippen LogP contribution >= 0.6 is 22.9 Å². The Bertz CT molecular complexity index is 2060. The zero-order chi connectivity index (χ0) is 41.7. The Morgan fingerprint density at radius 2 is 1.79 bits per heavy atom. The molecule has 0 radical (unpaired) electrons. The average Bonchev–Trinajstić information content (AvgIpc) is 3.81. The first-order chi connectivity index (χ1) is 27.5. The maximum Gasteiger partial charge on any atom is 0.408 e. The molecule has 1 aromatic carbocycles. The number of pyridine rings is 1. The van der Waals surface area contributed by atoms with E-state index in [1.807, 2.05) is 33.1 Å². The average molecular weight is 840 g/mol. The van der Waals surface area contributed by atoms with E-state index in [1.54, 1.807) is 25.3 Å². The number of alkyl carbamates (subject to hydrolysis) is 1. The summed E-state index contributed by atoms with van der Waals surface area (Å²) < 4.78 is 23.6. The normalized spacial score (nSPS) is 26.6. The van der Waals surface area contributed by atoms with E-state index < -0.39 is 53.0 Å². The van der Waals surface area contributed by atoms with Gasteiger partial charge in [-0.15, -0.1) is 11.3 Å². The number of methoxy groups -OCH3 is 1. The minimum Gasteiger partial charge on any atom is -0.490 e. The Labute approximate surface area is 347 Å². The number of carboxylic acid groups (broad SMARTS) is 1. The van der Waals surface area contributed by atoms with Crippen LogP contribution in [0.25, 0.3) is 21.6 Å². The lowest BCUT2D eigenvalue weighted by Gasteiger charge is -2.35. The number of carboxylic acids is 1. The number of nitrogens with one attached hydrogen (secondary N) is 2. The summed E-state index contributed by atoms with van der Waals surface area (Å²) in [6, 6.07) is 3.15. The molecule has 3 aromatic rings. The van der Waals surface area contributed by atoms with Gasteiger partial charge in [-0.25, -0.2) is 19.6 Å². The molecule has 3 amide bonds. The van der Waals surface area contributed by atoms with Gasteiger partial charge in [-0.1, -0.05) is 59.6 Å². The van der Waals surface area contributed by atoms with Gasteiger partial charge >= 0.3 is 12.1 Å². The number of fused-ring (bicyclic) bond motifs is 2. The second-order valence-electron chi connectivity index (χ2n) is 17.6. The SMILES string of the molecule is CC[C@@H]1C[C@]1(NC(=O)[C@@H]1C[C@@H](Oc2cc(-c3nc(C(C)C)cs3)nc3c(Cl)c(OCCOC)ccc23)CN1C(=O)[C@@H](NC(=O)O[C@@H]1C[C@@H]2C[C@@H]2C1)C(C)(C)C)C(=O)O. The van der Waals surface area contributed by atoms with Crippen LogP contribution in [0.4, 0.5) is 4.79 Å². The molecule has 1 aliphatic heterocycles. The molecule has 7 rings (SSSR count). The predicted octanol–water partition coefficient (Wildman–Crippen LogP) is 6.82. The summed E-state index contributed by atoms with van der Waals surface area (Å²) in [5.41, 5.74) is -0.335. The first-order valence-corrected chi connectivity index (χ1v) is 21.5. The number of benzene rings is 1. The Morgan fingerprint density at radius 1 is 1.05 bits per heavy atom. The van der Waals surface area contributed by atoms with Crippen molar-refractivity contribution in [2.24, 2.45) is 23.2 Å². The fourth-order valence-corrected chi connectivity index (χ4v) is 9.66. The number of aromatic nitrogens is 2. The highest BCUT2D eigenvalue weighted by Crippen LogP contribution is 2.52. The van der Waals surface area contributed by atoms with Gasteiger partial charge in [0, 0.05) is 30.4 Å². The van der Waals surface area contributed by atoms with Crippen molar-refractivity contribution in [3.8, 4) is 22.2 Å². The summed E-state index contributed by atoms with van der Waals surface area (Å²) in [7, 11) is 1.58. The molecular formula is C42H54ClN5O9S. The van der Waals surface area contributed by atoms with Gasteiger partial charge in [-0.3, -0.25) is 9.59 Å². The van der Waals surface area contributed by atoms with Gasteiger partial charge < -0.3 is 39.6 Å². The molecule has 58 heavy (non-hydrogen) atoms. The summed E-state index contributed by atoms with van der Waals surface area (Å²) in [4.78, 5) is 65.9. The highest BCUT2D eigenvalue weighted by molar-refractivity contribution is 7.13. The molecule has 3 heterocycles. The van der Waals surface area contributed by atoms with E-state index in [4.69, 9.17) is 40.5 Å². The quantitative estimate of drug-likeness (QED) is 0.137. The molecule has 16 heteroatoms. The number of ether oxygens (including phenoxy) is 4. The standard InChI is InChI=1S/C42H54ClN5O9S/c1-8-24-18-42(24,39(51)52)47-36(49)30-16-26(19-48(30)38(50)35(41(4,5)6)46-40(53)57-25-14-22-13-23(22)15-25)56-32-17-28(37-45-29(20-58-37)21(2)3)44-34-27(32)9-10-31(33(34)43)55-12-11-54-7/h9-10,17,20-26,30,35H,8,11-16,18-19H2,1-7H3,(H,46,53)(H,47,49)(H,51,52)/t22-,23+,24-,25+,26-,30+,35-,42-/m1/s1. The first kappa shape index (κ1) is 41.9. The topological polar surface area (TPSA) is 179 Å². The van der Waals surface area contributed by atoms with Crippen LogP contribution in [0.3, 0.4) is 0 Å². The number of likely N-dealkylation sites (tertiary alicyclic amines) is 1. The number of hydrogen-bond acceptors (Lipinski definition) is 11. The molecular weight excluding hydrogens is 786 g/mol. The lowest BCUT2D eigenvalue weighted by Crippen LogP contribution is -2.59. The fraction of sp³-hybridized carbons (Fsp3) is 0.619. The number of carbonyl (C=O) groups is 4. The zero-order valence-corrected chi connectivity index (χ0v) is 35.7. The van der Waals surface area contributed by atoms with Gasteiger partial charge in [0.2, 0.25) is 11.8 Å². The molecule has 4 aliphatic rings. The Kier molecular flexibility index (Phi) is 11.9. The van der Waals surface area contributed by atoms with Gasteiger partial charge in [-0.2, -0.15) is 0 Å². The molecule has 3 saturated carbocycles. The summed E-state index contributed by atoms with van der Waals surface area (Å²) in [6.07, 6.45) is 2.14. The summed E-state index contributed by atoms with van der Waals surface area (Å²) in [5.74, 6) is -0.212. The molecule has 2 aromatic heterocycles. The third-order valence-electron chi connectivity index (χ3n) is 12.0. The number of aliphatic carboxylic acids is 1. The first-order valence-electron chi connectivity index (χ1n) is 20.2. The van der Waals surface area contributed by atoms with Gasteiger partial charge in [0.05, 0.1) is 24.4 Å². The van der Waals surface area contributed by atoms with Crippen molar-refractivity contribution in [1.29, 1.82) is 0 Å². The number of rotatable bonds is 15. The summed E-state index contributed by atoms with van der Waals surface area (Å²) in [5, 5.41) is 19.3. The zero-order valence-electron chi connectivity index (χ0n) is 34.1. The number of carbonyl (C=O) groups excluding carboxylic acids is 3. The molecule has 0 bridgehead atoms. The monoisotopic (exact) mass is 839 g/mol.